The number of rotatable bonds is 7. The van der Waals surface area contributed by atoms with Crippen LogP contribution in [0, 0.1) is 0 Å². The summed E-state index contributed by atoms with van der Waals surface area (Å²) in [5.74, 6) is 1.00. The highest BCUT2D eigenvalue weighted by Gasteiger charge is 2.06. The van der Waals surface area contributed by atoms with Gasteiger partial charge in [-0.25, -0.2) is 0 Å². The van der Waals surface area contributed by atoms with E-state index in [-0.39, 0.29) is 12.5 Å². The van der Waals surface area contributed by atoms with E-state index in [4.69, 9.17) is 32.7 Å². The summed E-state index contributed by atoms with van der Waals surface area (Å²) in [6.07, 6.45) is 0. The number of ether oxygens (including phenoxy) is 2. The van der Waals surface area contributed by atoms with E-state index in [0.717, 1.165) is 11.3 Å². The van der Waals surface area contributed by atoms with Crippen LogP contribution < -0.4 is 14.8 Å². The summed E-state index contributed by atoms with van der Waals surface area (Å²) < 4.78 is 10.7. The third-order valence-electron chi connectivity index (χ3n) is 2.98. The fraction of sp³-hybridized carbons (Fsp3) is 0.235. The van der Waals surface area contributed by atoms with Crippen LogP contribution in [0.1, 0.15) is 12.5 Å². The highest BCUT2D eigenvalue weighted by Crippen LogP contribution is 2.27. The first kappa shape index (κ1) is 17.4. The van der Waals surface area contributed by atoms with Crippen LogP contribution in [-0.2, 0) is 11.3 Å². The standard InChI is InChI=1S/C17H17Cl2NO3/c1-2-22-14-6-3-12(4-7-14)10-20-17(21)11-23-16-8-5-13(18)9-15(16)19/h3-9H,2,10-11H2,1H3,(H,20,21). The van der Waals surface area contributed by atoms with Gasteiger partial charge in [0.25, 0.3) is 5.91 Å². The Hall–Kier alpha value is -1.91. The minimum absolute atomic E-state index is 0.113. The summed E-state index contributed by atoms with van der Waals surface area (Å²) in [7, 11) is 0. The van der Waals surface area contributed by atoms with Crippen molar-refractivity contribution in [1.82, 2.24) is 5.32 Å². The van der Waals surface area contributed by atoms with Gasteiger partial charge in [-0.1, -0.05) is 35.3 Å². The minimum Gasteiger partial charge on any atom is -0.494 e. The van der Waals surface area contributed by atoms with Crippen LogP contribution in [0.4, 0.5) is 0 Å². The Bertz CT molecular complexity index is 659. The molecule has 0 atom stereocenters. The molecule has 0 bridgehead atoms. The third kappa shape index (κ3) is 5.66. The molecule has 0 saturated carbocycles. The van der Waals surface area contributed by atoms with Gasteiger partial charge in [-0.3, -0.25) is 4.79 Å². The molecule has 0 heterocycles. The molecule has 23 heavy (non-hydrogen) atoms. The molecular weight excluding hydrogens is 337 g/mol. The van der Waals surface area contributed by atoms with Crippen LogP contribution in [0.3, 0.4) is 0 Å². The van der Waals surface area contributed by atoms with Gasteiger partial charge in [0.1, 0.15) is 11.5 Å². The van der Waals surface area contributed by atoms with Crippen molar-refractivity contribution in [3.8, 4) is 11.5 Å². The molecule has 0 spiro atoms. The van der Waals surface area contributed by atoms with Crippen molar-refractivity contribution in [2.24, 2.45) is 0 Å². The number of hydrogen-bond donors (Lipinski definition) is 1. The van der Waals surface area contributed by atoms with Gasteiger partial charge in [0.15, 0.2) is 6.61 Å². The second kappa shape index (κ2) is 8.65. The van der Waals surface area contributed by atoms with E-state index < -0.39 is 0 Å². The van der Waals surface area contributed by atoms with Gasteiger partial charge in [-0.15, -0.1) is 0 Å². The van der Waals surface area contributed by atoms with E-state index in [1.165, 1.54) is 0 Å². The van der Waals surface area contributed by atoms with Crippen molar-refractivity contribution in [2.45, 2.75) is 13.5 Å². The Balaban J connectivity index is 1.78. The summed E-state index contributed by atoms with van der Waals surface area (Å²) >= 11 is 11.8. The average molecular weight is 354 g/mol. The number of amides is 1. The predicted octanol–water partition coefficient (Wildman–Crippen LogP) is 4.09. The number of carbonyl (C=O) groups excluding carboxylic acids is 1. The minimum atomic E-state index is -0.232. The van der Waals surface area contributed by atoms with Crippen LogP contribution >= 0.6 is 23.2 Å². The lowest BCUT2D eigenvalue weighted by Crippen LogP contribution is -2.28. The quantitative estimate of drug-likeness (QED) is 0.815. The Kier molecular flexibility index (Phi) is 6.56. The topological polar surface area (TPSA) is 47.6 Å². The van der Waals surface area contributed by atoms with Crippen LogP contribution in [0.15, 0.2) is 42.5 Å². The van der Waals surface area contributed by atoms with Crippen molar-refractivity contribution < 1.29 is 14.3 Å². The van der Waals surface area contributed by atoms with Gasteiger partial charge >= 0.3 is 0 Å². The highest BCUT2D eigenvalue weighted by atomic mass is 35.5. The van der Waals surface area contributed by atoms with Crippen molar-refractivity contribution in [2.75, 3.05) is 13.2 Å². The zero-order valence-corrected chi connectivity index (χ0v) is 14.2. The highest BCUT2D eigenvalue weighted by molar-refractivity contribution is 6.35. The second-order valence-corrected chi connectivity index (χ2v) is 5.56. The number of benzene rings is 2. The van der Waals surface area contributed by atoms with Gasteiger partial charge in [-0.2, -0.15) is 0 Å². The molecule has 2 aromatic carbocycles. The fourth-order valence-corrected chi connectivity index (χ4v) is 2.32. The molecule has 2 rings (SSSR count). The lowest BCUT2D eigenvalue weighted by molar-refractivity contribution is -0.123. The lowest BCUT2D eigenvalue weighted by atomic mass is 10.2. The first-order valence-electron chi connectivity index (χ1n) is 7.14. The molecule has 0 aromatic heterocycles. The van der Waals surface area contributed by atoms with E-state index in [1.807, 2.05) is 31.2 Å². The monoisotopic (exact) mass is 353 g/mol. The normalized spacial score (nSPS) is 10.2. The zero-order chi connectivity index (χ0) is 16.7. The second-order valence-electron chi connectivity index (χ2n) is 4.72. The molecular formula is C17H17Cl2NO3. The smallest absolute Gasteiger partial charge is 0.258 e. The summed E-state index contributed by atoms with van der Waals surface area (Å²) in [4.78, 5) is 11.8. The van der Waals surface area contributed by atoms with Crippen molar-refractivity contribution >= 4 is 29.1 Å². The van der Waals surface area contributed by atoms with Gasteiger partial charge in [0, 0.05) is 11.6 Å². The largest absolute Gasteiger partial charge is 0.494 e. The SMILES string of the molecule is CCOc1ccc(CNC(=O)COc2ccc(Cl)cc2Cl)cc1. The Morgan fingerprint density at radius 3 is 2.48 bits per heavy atom. The molecule has 0 aliphatic carbocycles. The van der Waals surface area contributed by atoms with Crippen LogP contribution in [-0.4, -0.2) is 19.1 Å². The van der Waals surface area contributed by atoms with Crippen molar-refractivity contribution in [1.29, 1.82) is 0 Å². The maximum absolute atomic E-state index is 11.8. The molecule has 0 aliphatic heterocycles. The molecule has 0 aliphatic rings. The molecule has 0 radical (unpaired) electrons. The van der Waals surface area contributed by atoms with Gasteiger partial charge in [-0.05, 0) is 42.8 Å². The first-order valence-corrected chi connectivity index (χ1v) is 7.90. The van der Waals surface area contributed by atoms with Gasteiger partial charge < -0.3 is 14.8 Å². The molecule has 1 N–H and O–H groups in total. The van der Waals surface area contributed by atoms with Crippen molar-refractivity contribution in [3.05, 3.63) is 58.1 Å². The maximum atomic E-state index is 11.8. The van der Waals surface area contributed by atoms with E-state index in [1.54, 1.807) is 18.2 Å². The van der Waals surface area contributed by atoms with Crippen LogP contribution in [0.2, 0.25) is 10.0 Å². The number of hydrogen-bond acceptors (Lipinski definition) is 3. The molecule has 122 valence electrons. The molecule has 0 fully saturated rings. The summed E-state index contributed by atoms with van der Waals surface area (Å²) in [5.41, 5.74) is 0.978. The van der Waals surface area contributed by atoms with Crippen LogP contribution in [0.25, 0.3) is 0 Å². The van der Waals surface area contributed by atoms with Crippen LogP contribution in [0.5, 0.6) is 11.5 Å². The Morgan fingerprint density at radius 2 is 1.83 bits per heavy atom. The summed E-state index contributed by atoms with van der Waals surface area (Å²) in [6, 6.07) is 12.4. The molecule has 2 aromatic rings. The van der Waals surface area contributed by atoms with Gasteiger partial charge in [0.2, 0.25) is 0 Å². The fourth-order valence-electron chi connectivity index (χ4n) is 1.86. The Labute approximate surface area is 145 Å². The third-order valence-corrected chi connectivity index (χ3v) is 3.51. The van der Waals surface area contributed by atoms with E-state index >= 15 is 0 Å². The number of carbonyl (C=O) groups is 1. The first-order chi connectivity index (χ1) is 11.1. The molecule has 4 nitrogen and oxygen atoms in total. The molecule has 0 unspecified atom stereocenters. The van der Waals surface area contributed by atoms with E-state index in [9.17, 15) is 4.79 Å². The molecule has 1 amide bonds. The summed E-state index contributed by atoms with van der Waals surface area (Å²) in [6.45, 7) is 2.86. The number of nitrogens with one attached hydrogen (secondary N) is 1. The Morgan fingerprint density at radius 1 is 1.09 bits per heavy atom. The number of halogens is 2. The zero-order valence-electron chi connectivity index (χ0n) is 12.6. The average Bonchev–Trinajstić information content (AvgIpc) is 2.54. The molecule has 0 saturated heterocycles. The molecule has 6 heteroatoms. The van der Waals surface area contributed by atoms with E-state index in [0.29, 0.717) is 28.9 Å². The van der Waals surface area contributed by atoms with Gasteiger partial charge in [0.05, 0.1) is 11.6 Å². The lowest BCUT2D eigenvalue weighted by Gasteiger charge is -2.09. The maximum Gasteiger partial charge on any atom is 0.258 e. The summed E-state index contributed by atoms with van der Waals surface area (Å²) in [5, 5.41) is 3.67. The van der Waals surface area contributed by atoms with Crippen molar-refractivity contribution in [3.63, 3.8) is 0 Å². The van der Waals surface area contributed by atoms with E-state index in [2.05, 4.69) is 5.32 Å². The predicted molar refractivity (Wildman–Crippen MR) is 91.4 cm³/mol.